The highest BCUT2D eigenvalue weighted by molar-refractivity contribution is 5.21. The second kappa shape index (κ2) is 5.20. The van der Waals surface area contributed by atoms with Gasteiger partial charge in [-0.3, -0.25) is 4.98 Å². The van der Waals surface area contributed by atoms with Crippen LogP contribution in [0.5, 0.6) is 6.01 Å². The van der Waals surface area contributed by atoms with Gasteiger partial charge in [-0.15, -0.1) is 0 Å². The van der Waals surface area contributed by atoms with Gasteiger partial charge >= 0.3 is 6.01 Å². The molecule has 2 rings (SSSR count). The van der Waals surface area contributed by atoms with Crippen LogP contribution in [0, 0.1) is 0 Å². The zero-order valence-electron chi connectivity index (χ0n) is 9.50. The molecule has 88 valence electrons. The first kappa shape index (κ1) is 11.3. The summed E-state index contributed by atoms with van der Waals surface area (Å²) in [6.45, 7) is 2.36. The number of nitrogens with two attached hydrogens (primary N) is 1. The number of aromatic nitrogens is 4. The van der Waals surface area contributed by atoms with Crippen LogP contribution in [0.15, 0.2) is 24.5 Å². The molecule has 0 bridgehead atoms. The second-order valence-corrected chi connectivity index (χ2v) is 3.36. The summed E-state index contributed by atoms with van der Waals surface area (Å²) in [5, 5.41) is 0. The molecule has 0 fully saturated rings. The Kier molecular flexibility index (Phi) is 3.44. The van der Waals surface area contributed by atoms with Crippen molar-refractivity contribution in [2.24, 2.45) is 0 Å². The monoisotopic (exact) mass is 231 g/mol. The van der Waals surface area contributed by atoms with E-state index in [9.17, 15) is 0 Å². The van der Waals surface area contributed by atoms with E-state index in [2.05, 4.69) is 19.9 Å². The Balaban J connectivity index is 2.21. The number of hydrogen-bond donors (Lipinski definition) is 1. The molecule has 0 unspecified atom stereocenters. The predicted octanol–water partition coefficient (Wildman–Crippen LogP) is 0.838. The molecule has 0 aliphatic rings. The first-order chi connectivity index (χ1) is 8.28. The molecule has 6 nitrogen and oxygen atoms in total. The Morgan fingerprint density at radius 2 is 2.18 bits per heavy atom. The lowest BCUT2D eigenvalue weighted by Crippen LogP contribution is -2.07. The summed E-state index contributed by atoms with van der Waals surface area (Å²) >= 11 is 0. The number of rotatable bonds is 4. The average molecular weight is 231 g/mol. The summed E-state index contributed by atoms with van der Waals surface area (Å²) < 4.78 is 5.21. The molecule has 0 saturated heterocycles. The average Bonchev–Trinajstić information content (AvgIpc) is 2.30. The van der Waals surface area contributed by atoms with Crippen molar-refractivity contribution in [1.29, 1.82) is 0 Å². The largest absolute Gasteiger partial charge is 0.464 e. The third kappa shape index (κ3) is 3.10. The highest BCUT2D eigenvalue weighted by atomic mass is 16.5. The summed E-state index contributed by atoms with van der Waals surface area (Å²) in [7, 11) is 0. The summed E-state index contributed by atoms with van der Waals surface area (Å²) in [6, 6.07) is 4.08. The van der Waals surface area contributed by atoms with Crippen LogP contribution in [0.2, 0.25) is 0 Å². The van der Waals surface area contributed by atoms with Gasteiger partial charge < -0.3 is 10.5 Å². The molecule has 0 aliphatic heterocycles. The van der Waals surface area contributed by atoms with Gasteiger partial charge in [0.15, 0.2) is 0 Å². The normalized spacial score (nSPS) is 10.2. The second-order valence-electron chi connectivity index (χ2n) is 3.36. The number of hydrogen-bond acceptors (Lipinski definition) is 6. The minimum atomic E-state index is 0.169. The summed E-state index contributed by atoms with van der Waals surface area (Å²) in [6.07, 6.45) is 4.04. The SMILES string of the molecule is CCOc1nc(N)nc(Cc2cccnc2)n1. The lowest BCUT2D eigenvalue weighted by atomic mass is 10.2. The fraction of sp³-hybridized carbons (Fsp3) is 0.273. The van der Waals surface area contributed by atoms with E-state index < -0.39 is 0 Å². The van der Waals surface area contributed by atoms with E-state index in [1.54, 1.807) is 12.4 Å². The minimum absolute atomic E-state index is 0.169. The first-order valence-corrected chi connectivity index (χ1v) is 5.30. The molecule has 17 heavy (non-hydrogen) atoms. The van der Waals surface area contributed by atoms with Gasteiger partial charge in [0.2, 0.25) is 5.95 Å². The standard InChI is InChI=1S/C11H13N5O/c1-2-17-11-15-9(14-10(12)16-11)6-8-4-3-5-13-7-8/h3-5,7H,2,6H2,1H3,(H2,12,14,15,16). The van der Waals surface area contributed by atoms with Gasteiger partial charge in [-0.25, -0.2) is 0 Å². The van der Waals surface area contributed by atoms with Crippen molar-refractivity contribution >= 4 is 5.95 Å². The van der Waals surface area contributed by atoms with E-state index >= 15 is 0 Å². The van der Waals surface area contributed by atoms with Gasteiger partial charge in [0.25, 0.3) is 0 Å². The van der Waals surface area contributed by atoms with Crippen LogP contribution in [0.25, 0.3) is 0 Å². The van der Waals surface area contributed by atoms with Crippen LogP contribution < -0.4 is 10.5 Å². The van der Waals surface area contributed by atoms with Crippen LogP contribution in [0.4, 0.5) is 5.95 Å². The van der Waals surface area contributed by atoms with Gasteiger partial charge in [-0.05, 0) is 18.6 Å². The molecule has 0 atom stereocenters. The molecule has 0 amide bonds. The number of anilines is 1. The Bertz CT molecular complexity index is 488. The Morgan fingerprint density at radius 3 is 2.88 bits per heavy atom. The number of nitrogens with zero attached hydrogens (tertiary/aromatic N) is 4. The van der Waals surface area contributed by atoms with Gasteiger partial charge in [0.1, 0.15) is 5.82 Å². The lowest BCUT2D eigenvalue weighted by Gasteiger charge is -2.04. The van der Waals surface area contributed by atoms with E-state index in [-0.39, 0.29) is 12.0 Å². The highest BCUT2D eigenvalue weighted by Crippen LogP contribution is 2.09. The first-order valence-electron chi connectivity index (χ1n) is 5.30. The fourth-order valence-electron chi connectivity index (χ4n) is 1.37. The van der Waals surface area contributed by atoms with E-state index in [1.807, 2.05) is 19.1 Å². The van der Waals surface area contributed by atoms with Crippen molar-refractivity contribution in [1.82, 2.24) is 19.9 Å². The van der Waals surface area contributed by atoms with Crippen LogP contribution in [0.1, 0.15) is 18.3 Å². The highest BCUT2D eigenvalue weighted by Gasteiger charge is 2.05. The van der Waals surface area contributed by atoms with Gasteiger partial charge in [-0.1, -0.05) is 6.07 Å². The van der Waals surface area contributed by atoms with Crippen LogP contribution in [0.3, 0.4) is 0 Å². The molecule has 2 N–H and O–H groups in total. The zero-order chi connectivity index (χ0) is 12.1. The smallest absolute Gasteiger partial charge is 0.321 e. The maximum atomic E-state index is 5.59. The van der Waals surface area contributed by atoms with Crippen molar-refractivity contribution < 1.29 is 4.74 Å². The van der Waals surface area contributed by atoms with Crippen molar-refractivity contribution in [3.8, 4) is 6.01 Å². The minimum Gasteiger partial charge on any atom is -0.464 e. The third-order valence-corrected chi connectivity index (χ3v) is 2.04. The molecular formula is C11H13N5O. The van der Waals surface area contributed by atoms with Crippen LogP contribution >= 0.6 is 0 Å². The quantitative estimate of drug-likeness (QED) is 0.839. The topological polar surface area (TPSA) is 86.8 Å². The number of nitrogen functional groups attached to an aromatic ring is 1. The predicted molar refractivity (Wildman–Crippen MR) is 62.5 cm³/mol. The third-order valence-electron chi connectivity index (χ3n) is 2.04. The summed E-state index contributed by atoms with van der Waals surface area (Å²) in [5.74, 6) is 0.747. The van der Waals surface area contributed by atoms with Crippen molar-refractivity contribution in [3.63, 3.8) is 0 Å². The Morgan fingerprint density at radius 1 is 1.29 bits per heavy atom. The van der Waals surface area contributed by atoms with E-state index in [0.29, 0.717) is 18.9 Å². The maximum Gasteiger partial charge on any atom is 0.321 e. The van der Waals surface area contributed by atoms with Crippen molar-refractivity contribution in [2.75, 3.05) is 12.3 Å². The summed E-state index contributed by atoms with van der Waals surface area (Å²) in [4.78, 5) is 16.1. The molecule has 2 aromatic heterocycles. The number of pyridine rings is 1. The Labute approximate surface area is 98.9 Å². The van der Waals surface area contributed by atoms with Gasteiger partial charge in [0.05, 0.1) is 6.61 Å². The molecule has 2 aromatic rings. The van der Waals surface area contributed by atoms with E-state index in [1.165, 1.54) is 0 Å². The molecule has 2 heterocycles. The molecule has 0 aliphatic carbocycles. The molecule has 6 heteroatoms. The van der Waals surface area contributed by atoms with Gasteiger partial charge in [0, 0.05) is 18.8 Å². The number of ether oxygens (including phenoxy) is 1. The summed E-state index contributed by atoms with van der Waals surface area (Å²) in [5.41, 5.74) is 6.60. The molecule has 0 spiro atoms. The molecule has 0 saturated carbocycles. The van der Waals surface area contributed by atoms with Crippen molar-refractivity contribution in [3.05, 3.63) is 35.9 Å². The maximum absolute atomic E-state index is 5.59. The van der Waals surface area contributed by atoms with Gasteiger partial charge in [-0.2, -0.15) is 15.0 Å². The Hall–Kier alpha value is -2.24. The van der Waals surface area contributed by atoms with E-state index in [0.717, 1.165) is 5.56 Å². The fourth-order valence-corrected chi connectivity index (χ4v) is 1.37. The molecule has 0 radical (unpaired) electrons. The molecule has 0 aromatic carbocycles. The molecular weight excluding hydrogens is 218 g/mol. The van der Waals surface area contributed by atoms with Crippen LogP contribution in [-0.2, 0) is 6.42 Å². The zero-order valence-corrected chi connectivity index (χ0v) is 9.50. The lowest BCUT2D eigenvalue weighted by molar-refractivity contribution is 0.310. The van der Waals surface area contributed by atoms with E-state index in [4.69, 9.17) is 10.5 Å². The van der Waals surface area contributed by atoms with Crippen LogP contribution in [-0.4, -0.2) is 26.5 Å². The van der Waals surface area contributed by atoms with Crippen molar-refractivity contribution in [2.45, 2.75) is 13.3 Å².